The number of carbonyl (C=O) groups is 1. The largest absolute Gasteiger partial charge is 0.336 e. The highest BCUT2D eigenvalue weighted by molar-refractivity contribution is 7.17. The zero-order valence-corrected chi connectivity index (χ0v) is 9.27. The molecule has 2 rings (SSSR count). The van der Waals surface area contributed by atoms with Gasteiger partial charge in [-0.25, -0.2) is 0 Å². The van der Waals surface area contributed by atoms with Gasteiger partial charge in [0.2, 0.25) is 0 Å². The molecule has 0 spiro atoms. The van der Waals surface area contributed by atoms with Crippen molar-refractivity contribution in [2.75, 3.05) is 13.1 Å². The Hall–Kier alpha value is -1.47. The van der Waals surface area contributed by atoms with Gasteiger partial charge in [0.05, 0.1) is 9.80 Å². The summed E-state index contributed by atoms with van der Waals surface area (Å²) in [7, 11) is 0. The third kappa shape index (κ3) is 2.05. The van der Waals surface area contributed by atoms with Crippen molar-refractivity contribution in [3.8, 4) is 0 Å². The van der Waals surface area contributed by atoms with Crippen LogP contribution in [-0.4, -0.2) is 34.9 Å². The van der Waals surface area contributed by atoms with E-state index in [9.17, 15) is 14.9 Å². The second-order valence-electron chi connectivity index (χ2n) is 3.69. The van der Waals surface area contributed by atoms with Crippen molar-refractivity contribution in [1.82, 2.24) is 4.90 Å². The van der Waals surface area contributed by atoms with Crippen LogP contribution in [0, 0.1) is 10.1 Å². The molecule has 1 saturated heterocycles. The predicted octanol–water partition coefficient (Wildman–Crippen LogP) is 0.829. The zero-order valence-electron chi connectivity index (χ0n) is 8.46. The van der Waals surface area contributed by atoms with Gasteiger partial charge in [0.1, 0.15) is 0 Å². The third-order valence-electron chi connectivity index (χ3n) is 2.49. The summed E-state index contributed by atoms with van der Waals surface area (Å²) in [5.41, 5.74) is 5.70. The molecule has 2 N–H and O–H groups in total. The first-order valence-electron chi connectivity index (χ1n) is 4.87. The lowest BCUT2D eigenvalue weighted by Gasteiger charge is -2.13. The van der Waals surface area contributed by atoms with E-state index in [1.54, 1.807) is 4.90 Å². The minimum atomic E-state index is -0.489. The number of thiophene rings is 1. The Morgan fingerprint density at radius 3 is 2.88 bits per heavy atom. The average Bonchev–Trinajstić information content (AvgIpc) is 2.84. The van der Waals surface area contributed by atoms with E-state index in [4.69, 9.17) is 5.73 Å². The molecule has 0 aliphatic carbocycles. The van der Waals surface area contributed by atoms with Crippen LogP contribution in [0.15, 0.2) is 12.1 Å². The van der Waals surface area contributed by atoms with Gasteiger partial charge in [0.25, 0.3) is 5.91 Å². The van der Waals surface area contributed by atoms with Crippen LogP contribution < -0.4 is 5.73 Å². The van der Waals surface area contributed by atoms with Gasteiger partial charge in [-0.2, -0.15) is 0 Å². The van der Waals surface area contributed by atoms with Crippen molar-refractivity contribution in [3.05, 3.63) is 27.1 Å². The molecule has 1 aromatic rings. The number of carbonyl (C=O) groups excluding carboxylic acids is 1. The number of amides is 1. The van der Waals surface area contributed by atoms with E-state index in [1.807, 2.05) is 0 Å². The van der Waals surface area contributed by atoms with Crippen LogP contribution in [0.25, 0.3) is 0 Å². The Labute approximate surface area is 95.8 Å². The SMILES string of the molecule is NC1CCN(C(=O)c2ccc([N+](=O)[O-])s2)C1. The number of likely N-dealkylation sites (tertiary alicyclic amines) is 1. The predicted molar refractivity (Wildman–Crippen MR) is 59.5 cm³/mol. The number of hydrogen-bond donors (Lipinski definition) is 1. The molecule has 0 aromatic carbocycles. The second kappa shape index (κ2) is 4.18. The van der Waals surface area contributed by atoms with E-state index in [2.05, 4.69) is 0 Å². The van der Waals surface area contributed by atoms with Crippen LogP contribution in [0.5, 0.6) is 0 Å². The first kappa shape index (κ1) is 11.0. The fourth-order valence-electron chi connectivity index (χ4n) is 1.67. The van der Waals surface area contributed by atoms with Crippen LogP contribution in [0.3, 0.4) is 0 Å². The standard InChI is InChI=1S/C9H11N3O3S/c10-6-3-4-11(5-6)9(13)7-1-2-8(16-7)12(14)15/h1-2,6H,3-5,10H2. The molecule has 1 aliphatic rings. The smallest absolute Gasteiger partial charge is 0.324 e. The summed E-state index contributed by atoms with van der Waals surface area (Å²) in [6.45, 7) is 1.16. The first-order valence-corrected chi connectivity index (χ1v) is 5.68. The van der Waals surface area contributed by atoms with Crippen LogP contribution in [-0.2, 0) is 0 Å². The fourth-order valence-corrected chi connectivity index (χ4v) is 2.46. The van der Waals surface area contributed by atoms with Crippen LogP contribution >= 0.6 is 11.3 Å². The van der Waals surface area contributed by atoms with Gasteiger partial charge in [-0.3, -0.25) is 14.9 Å². The van der Waals surface area contributed by atoms with Crippen LogP contribution in [0.4, 0.5) is 5.00 Å². The lowest BCUT2D eigenvalue weighted by atomic mass is 10.3. The molecule has 1 fully saturated rings. The highest BCUT2D eigenvalue weighted by atomic mass is 32.1. The first-order chi connectivity index (χ1) is 7.58. The molecule has 1 aliphatic heterocycles. The highest BCUT2D eigenvalue weighted by Gasteiger charge is 2.26. The quantitative estimate of drug-likeness (QED) is 0.613. The molecule has 1 amide bonds. The van der Waals surface area contributed by atoms with Crippen molar-refractivity contribution in [2.24, 2.45) is 5.73 Å². The van der Waals surface area contributed by atoms with Crippen molar-refractivity contribution in [3.63, 3.8) is 0 Å². The van der Waals surface area contributed by atoms with E-state index in [-0.39, 0.29) is 17.0 Å². The average molecular weight is 241 g/mol. The van der Waals surface area contributed by atoms with Crippen molar-refractivity contribution in [2.45, 2.75) is 12.5 Å². The van der Waals surface area contributed by atoms with Crippen LogP contribution in [0.2, 0.25) is 0 Å². The van der Waals surface area contributed by atoms with E-state index in [0.717, 1.165) is 17.8 Å². The van der Waals surface area contributed by atoms with Gasteiger partial charge in [-0.1, -0.05) is 11.3 Å². The lowest BCUT2D eigenvalue weighted by molar-refractivity contribution is -0.380. The lowest BCUT2D eigenvalue weighted by Crippen LogP contribution is -2.31. The summed E-state index contributed by atoms with van der Waals surface area (Å²) in [6.07, 6.45) is 0.791. The Bertz CT molecular complexity index is 431. The van der Waals surface area contributed by atoms with Gasteiger partial charge < -0.3 is 10.6 Å². The Kier molecular flexibility index (Phi) is 2.88. The number of rotatable bonds is 2. The highest BCUT2D eigenvalue weighted by Crippen LogP contribution is 2.25. The maximum Gasteiger partial charge on any atom is 0.324 e. The molecule has 1 unspecified atom stereocenters. The van der Waals surface area contributed by atoms with Crippen molar-refractivity contribution >= 4 is 22.2 Å². The third-order valence-corrected chi connectivity index (χ3v) is 3.52. The number of hydrogen-bond acceptors (Lipinski definition) is 5. The van der Waals surface area contributed by atoms with E-state index < -0.39 is 4.92 Å². The summed E-state index contributed by atoms with van der Waals surface area (Å²) in [6, 6.07) is 2.88. The molecular formula is C9H11N3O3S. The van der Waals surface area contributed by atoms with Gasteiger partial charge in [-0.05, 0) is 12.5 Å². The number of nitro groups is 1. The van der Waals surface area contributed by atoms with Gasteiger partial charge in [0, 0.05) is 25.2 Å². The Balaban J connectivity index is 2.11. The molecule has 7 heteroatoms. The molecule has 1 aromatic heterocycles. The van der Waals surface area contributed by atoms with Gasteiger partial charge >= 0.3 is 5.00 Å². The Morgan fingerprint density at radius 1 is 1.62 bits per heavy atom. The van der Waals surface area contributed by atoms with Crippen molar-refractivity contribution < 1.29 is 9.72 Å². The van der Waals surface area contributed by atoms with E-state index >= 15 is 0 Å². The minimum Gasteiger partial charge on any atom is -0.336 e. The summed E-state index contributed by atoms with van der Waals surface area (Å²) < 4.78 is 0. The van der Waals surface area contributed by atoms with E-state index in [1.165, 1.54) is 12.1 Å². The summed E-state index contributed by atoms with van der Waals surface area (Å²) in [4.78, 5) is 23.9. The monoisotopic (exact) mass is 241 g/mol. The number of nitrogens with zero attached hydrogens (tertiary/aromatic N) is 2. The summed E-state index contributed by atoms with van der Waals surface area (Å²) in [5, 5.41) is 10.5. The molecular weight excluding hydrogens is 230 g/mol. The number of nitrogens with two attached hydrogens (primary N) is 1. The minimum absolute atomic E-state index is 0.00755. The molecule has 0 bridgehead atoms. The normalized spacial score (nSPS) is 20.1. The van der Waals surface area contributed by atoms with Crippen LogP contribution in [0.1, 0.15) is 16.1 Å². The molecule has 0 saturated carbocycles. The van der Waals surface area contributed by atoms with Gasteiger partial charge in [0.15, 0.2) is 0 Å². The topological polar surface area (TPSA) is 89.5 Å². The zero-order chi connectivity index (χ0) is 11.7. The maximum atomic E-state index is 11.9. The molecule has 86 valence electrons. The summed E-state index contributed by atoms with van der Waals surface area (Å²) in [5.74, 6) is -0.161. The Morgan fingerprint density at radius 2 is 2.38 bits per heavy atom. The van der Waals surface area contributed by atoms with E-state index in [0.29, 0.717) is 18.0 Å². The maximum absolute atomic E-state index is 11.9. The molecule has 1 atom stereocenters. The fraction of sp³-hybridized carbons (Fsp3) is 0.444. The molecule has 6 nitrogen and oxygen atoms in total. The molecule has 0 radical (unpaired) electrons. The van der Waals surface area contributed by atoms with Gasteiger partial charge in [-0.15, -0.1) is 0 Å². The summed E-state index contributed by atoms with van der Waals surface area (Å²) >= 11 is 0.906. The van der Waals surface area contributed by atoms with Crippen molar-refractivity contribution in [1.29, 1.82) is 0 Å². The molecule has 2 heterocycles. The second-order valence-corrected chi connectivity index (χ2v) is 4.76. The molecule has 16 heavy (non-hydrogen) atoms.